The fourth-order valence-electron chi connectivity index (χ4n) is 3.92. The number of nitrogens with one attached hydrogen (secondary N) is 2. The van der Waals surface area contributed by atoms with Crippen molar-refractivity contribution in [3.8, 4) is 0 Å². The van der Waals surface area contributed by atoms with E-state index < -0.39 is 101 Å². The van der Waals surface area contributed by atoms with Crippen LogP contribution in [0.4, 0.5) is 0 Å². The number of hydrogen-bond acceptors (Lipinski definition) is 18. The molecule has 3 rings (SSSR count). The van der Waals surface area contributed by atoms with Gasteiger partial charge in [0.15, 0.2) is 17.6 Å². The maximum absolute atomic E-state index is 12.6. The highest BCUT2D eigenvalue weighted by atomic mass is 33.1. The summed E-state index contributed by atoms with van der Waals surface area (Å²) in [7, 11) is -9.77. The molecule has 3 heterocycles. The number of nitrogens with zero attached hydrogens (tertiary/aromatic N) is 1. The summed E-state index contributed by atoms with van der Waals surface area (Å²) in [6, 6.07) is -0.883. The Hall–Kier alpha value is -1.50. The molecule has 0 aromatic carbocycles. The highest BCUT2D eigenvalue weighted by molar-refractivity contribution is 8.82. The van der Waals surface area contributed by atoms with Crippen LogP contribution in [0.15, 0.2) is 21.9 Å². The van der Waals surface area contributed by atoms with Gasteiger partial charge in [0, 0.05) is 19.2 Å². The van der Waals surface area contributed by atoms with E-state index in [0.29, 0.717) is 4.57 Å². The number of rotatable bonds is 13. The molecule has 250 valence electrons. The number of carbonyl (C=O) groups is 2. The third-order valence-corrected chi connectivity index (χ3v) is 10.6. The molecule has 0 saturated carbocycles. The van der Waals surface area contributed by atoms with Crippen LogP contribution in [0.25, 0.3) is 0 Å². The zero-order valence-corrected chi connectivity index (χ0v) is 25.7. The van der Waals surface area contributed by atoms with E-state index in [1.807, 2.05) is 4.98 Å². The summed E-state index contributed by atoms with van der Waals surface area (Å²) in [4.78, 5) is 68.7. The fraction of sp³-hybridized carbons (Fsp3) is 0.684. The SMILES string of the molecule is CC(=O)SSCC(=O)NC1C(OP(=O)(O)OP(=O)(O)OCC2OC(n3ccc(=O)[nH]c3=O)C(O)C2O)OC(CO)C(O)C1O. The molecule has 2 aliphatic rings. The van der Waals surface area contributed by atoms with Gasteiger partial charge in [-0.3, -0.25) is 33.0 Å². The van der Waals surface area contributed by atoms with Crippen molar-refractivity contribution in [2.45, 2.75) is 62.1 Å². The van der Waals surface area contributed by atoms with Crippen molar-refractivity contribution in [2.75, 3.05) is 19.0 Å². The standard InChI is InChI=1S/C19H29N3O18P2S2/c1-7(24)44-43-6-11(26)20-12-15(29)13(27)8(4-23)38-18(12)39-42(34,35)40-41(32,33)36-5-9-14(28)16(30)17(37-9)22-3-2-10(25)21-19(22)31/h2-3,8-9,12-18,23,27-30H,4-6H2,1H3,(H,20,26)(H,32,33)(H,34,35)(H,21,25,31). The Kier molecular flexibility index (Phi) is 12.9. The quantitative estimate of drug-likeness (QED) is 0.0700. The summed E-state index contributed by atoms with van der Waals surface area (Å²) in [6.45, 7) is -0.761. The average Bonchev–Trinajstić information content (AvgIpc) is 3.19. The van der Waals surface area contributed by atoms with E-state index in [2.05, 4.69) is 14.2 Å². The lowest BCUT2D eigenvalue weighted by atomic mass is 9.97. The van der Waals surface area contributed by atoms with Crippen LogP contribution < -0.4 is 16.6 Å². The molecule has 44 heavy (non-hydrogen) atoms. The minimum atomic E-state index is -5.72. The number of phosphoric ester groups is 2. The topological polar surface area (TPSA) is 323 Å². The molecule has 1 amide bonds. The summed E-state index contributed by atoms with van der Waals surface area (Å²) < 4.78 is 49.8. The Labute approximate surface area is 254 Å². The molecule has 11 unspecified atom stereocenters. The zero-order valence-electron chi connectivity index (χ0n) is 22.3. The maximum atomic E-state index is 12.6. The molecule has 2 saturated heterocycles. The molecule has 0 radical (unpaired) electrons. The van der Waals surface area contributed by atoms with Gasteiger partial charge in [0.25, 0.3) is 5.56 Å². The normalized spacial score (nSPS) is 33.3. The Morgan fingerprint density at radius 1 is 1.05 bits per heavy atom. The average molecular weight is 714 g/mol. The number of carbonyl (C=O) groups excluding carboxylic acids is 2. The summed E-state index contributed by atoms with van der Waals surface area (Å²) >= 11 is 0. The van der Waals surface area contributed by atoms with Crippen molar-refractivity contribution >= 4 is 48.3 Å². The Bertz CT molecular complexity index is 1400. The number of amides is 1. The molecular weight excluding hydrogens is 684 g/mol. The third-order valence-electron chi connectivity index (χ3n) is 5.88. The number of hydrogen-bond donors (Lipinski definition) is 9. The van der Waals surface area contributed by atoms with Crippen LogP contribution >= 0.6 is 37.2 Å². The van der Waals surface area contributed by atoms with Crippen molar-refractivity contribution in [1.29, 1.82) is 0 Å². The van der Waals surface area contributed by atoms with E-state index in [-0.39, 0.29) is 10.9 Å². The van der Waals surface area contributed by atoms with Crippen LogP contribution in [0, 0.1) is 0 Å². The van der Waals surface area contributed by atoms with Gasteiger partial charge in [-0.2, -0.15) is 4.31 Å². The van der Waals surface area contributed by atoms with Crippen LogP contribution in [0.1, 0.15) is 13.2 Å². The second-order valence-electron chi connectivity index (χ2n) is 9.12. The number of aromatic amines is 1. The highest BCUT2D eigenvalue weighted by Gasteiger charge is 2.50. The summed E-state index contributed by atoms with van der Waals surface area (Å²) in [6.07, 6.45) is -13.4. The molecule has 9 N–H and O–H groups in total. The first-order chi connectivity index (χ1) is 20.4. The van der Waals surface area contributed by atoms with Crippen LogP contribution in [-0.2, 0) is 41.6 Å². The summed E-state index contributed by atoms with van der Waals surface area (Å²) in [5, 5.41) is 52.3. The van der Waals surface area contributed by atoms with Gasteiger partial charge >= 0.3 is 21.3 Å². The van der Waals surface area contributed by atoms with E-state index in [9.17, 15) is 63.6 Å². The number of aliphatic hydroxyl groups is 5. The van der Waals surface area contributed by atoms with Crippen LogP contribution in [0.3, 0.4) is 0 Å². The fourth-order valence-corrected chi connectivity index (χ4v) is 7.49. The van der Waals surface area contributed by atoms with Gasteiger partial charge in [-0.1, -0.05) is 10.8 Å². The molecule has 1 aromatic heterocycles. The van der Waals surface area contributed by atoms with Crippen molar-refractivity contribution < 1.29 is 76.9 Å². The predicted octanol–water partition coefficient (Wildman–Crippen LogP) is -3.74. The highest BCUT2D eigenvalue weighted by Crippen LogP contribution is 2.61. The molecular formula is C19H29N3O18P2S2. The Morgan fingerprint density at radius 3 is 2.32 bits per heavy atom. The minimum Gasteiger partial charge on any atom is -0.394 e. The van der Waals surface area contributed by atoms with E-state index in [1.54, 1.807) is 0 Å². The second kappa shape index (κ2) is 15.4. The van der Waals surface area contributed by atoms with Crippen LogP contribution in [0.2, 0.25) is 0 Å². The molecule has 0 spiro atoms. The molecule has 0 aliphatic carbocycles. The molecule has 2 aliphatic heterocycles. The van der Waals surface area contributed by atoms with Gasteiger partial charge in [0.2, 0.25) is 5.91 Å². The van der Waals surface area contributed by atoms with E-state index in [0.717, 1.165) is 33.9 Å². The van der Waals surface area contributed by atoms with Gasteiger partial charge in [0.05, 0.1) is 19.0 Å². The summed E-state index contributed by atoms with van der Waals surface area (Å²) in [5.41, 5.74) is -1.78. The van der Waals surface area contributed by atoms with E-state index in [4.69, 9.17) is 14.0 Å². The predicted molar refractivity (Wildman–Crippen MR) is 145 cm³/mol. The zero-order chi connectivity index (χ0) is 33.0. The molecule has 11 atom stereocenters. The lowest BCUT2D eigenvalue weighted by Gasteiger charge is -2.42. The third kappa shape index (κ3) is 9.75. The van der Waals surface area contributed by atoms with Crippen LogP contribution in [-0.4, -0.2) is 124 Å². The van der Waals surface area contributed by atoms with Crippen molar-refractivity contribution in [3.63, 3.8) is 0 Å². The number of phosphoric acid groups is 2. The monoisotopic (exact) mass is 713 g/mol. The first-order valence-corrected chi connectivity index (χ1v) is 17.5. The van der Waals surface area contributed by atoms with Crippen LogP contribution in [0.5, 0.6) is 0 Å². The minimum absolute atomic E-state index is 0.325. The second-order valence-corrected chi connectivity index (χ2v) is 14.6. The summed E-state index contributed by atoms with van der Waals surface area (Å²) in [5.74, 6) is -1.22. The smallest absolute Gasteiger partial charge is 0.394 e. The Balaban J connectivity index is 1.65. The molecule has 0 bridgehead atoms. The molecule has 1 aromatic rings. The van der Waals surface area contributed by atoms with Gasteiger partial charge in [0.1, 0.15) is 42.7 Å². The van der Waals surface area contributed by atoms with Gasteiger partial charge < -0.3 is 50.1 Å². The lowest BCUT2D eigenvalue weighted by Crippen LogP contribution is -2.64. The van der Waals surface area contributed by atoms with Crippen molar-refractivity contribution in [2.24, 2.45) is 0 Å². The lowest BCUT2D eigenvalue weighted by molar-refractivity contribution is -0.247. The number of H-pyrrole nitrogens is 1. The first kappa shape index (κ1) is 37.0. The number of aromatic nitrogens is 2. The molecule has 25 heteroatoms. The van der Waals surface area contributed by atoms with Crippen molar-refractivity contribution in [3.05, 3.63) is 33.1 Å². The first-order valence-electron chi connectivity index (χ1n) is 12.2. The number of aliphatic hydroxyl groups excluding tert-OH is 5. The van der Waals surface area contributed by atoms with E-state index >= 15 is 0 Å². The van der Waals surface area contributed by atoms with Crippen molar-refractivity contribution in [1.82, 2.24) is 14.9 Å². The van der Waals surface area contributed by atoms with Gasteiger partial charge in [-0.15, -0.1) is 0 Å². The largest absolute Gasteiger partial charge is 0.483 e. The number of ether oxygens (including phenoxy) is 2. The van der Waals surface area contributed by atoms with Gasteiger partial charge in [-0.25, -0.2) is 13.9 Å². The van der Waals surface area contributed by atoms with Gasteiger partial charge in [-0.05, 0) is 10.8 Å². The maximum Gasteiger partial charge on any atom is 0.483 e. The molecule has 2 fully saturated rings. The van der Waals surface area contributed by atoms with E-state index in [1.165, 1.54) is 6.92 Å². The Morgan fingerprint density at radius 2 is 1.70 bits per heavy atom. The molecule has 21 nitrogen and oxygen atoms in total.